The Morgan fingerprint density at radius 1 is 0.950 bits per heavy atom. The van der Waals surface area contributed by atoms with Crippen LogP contribution in [-0.4, -0.2) is 30.9 Å². The molecule has 0 aromatic heterocycles. The van der Waals surface area contributed by atoms with Crippen LogP contribution in [0.4, 0.5) is 5.69 Å². The molecule has 1 saturated heterocycles. The van der Waals surface area contributed by atoms with Gasteiger partial charge in [-0.1, -0.05) is 48.5 Å². The van der Waals surface area contributed by atoms with E-state index in [0.717, 1.165) is 5.69 Å². The molecule has 1 heterocycles. The molecular weight excluding hydrogens is 248 g/mol. The van der Waals surface area contributed by atoms with Crippen LogP contribution in [0.5, 0.6) is 0 Å². The van der Waals surface area contributed by atoms with Crippen molar-refractivity contribution in [3.63, 3.8) is 0 Å². The zero-order chi connectivity index (χ0) is 14.1. The van der Waals surface area contributed by atoms with Crippen molar-refractivity contribution in [1.82, 2.24) is 4.90 Å². The molecule has 1 amide bonds. The number of rotatable bonds is 3. The lowest BCUT2D eigenvalue weighted by molar-refractivity contribution is -0.147. The summed E-state index contributed by atoms with van der Waals surface area (Å²) in [6, 6.07) is 20.3. The van der Waals surface area contributed by atoms with E-state index in [1.54, 1.807) is 0 Å². The van der Waals surface area contributed by atoms with Crippen LogP contribution in [0, 0.1) is 0 Å². The standard InChI is InChI=1S/C17H18N2O/c1-18(14-11-7-4-8-12-14)16-15(19(2)17(16)20)13-9-5-3-6-10-13/h3-12,15-16H,1-2H3/t15-,16-/m0/s1. The molecule has 1 aliphatic heterocycles. The molecule has 0 radical (unpaired) electrons. The first-order valence-corrected chi connectivity index (χ1v) is 6.79. The van der Waals surface area contributed by atoms with Crippen molar-refractivity contribution in [3.8, 4) is 0 Å². The van der Waals surface area contributed by atoms with Gasteiger partial charge >= 0.3 is 0 Å². The third kappa shape index (κ3) is 1.95. The van der Waals surface area contributed by atoms with Crippen molar-refractivity contribution in [2.24, 2.45) is 0 Å². The van der Waals surface area contributed by atoms with Gasteiger partial charge in [-0.05, 0) is 17.7 Å². The number of likely N-dealkylation sites (tertiary alicyclic amines) is 1. The quantitative estimate of drug-likeness (QED) is 0.797. The van der Waals surface area contributed by atoms with E-state index in [0.29, 0.717) is 0 Å². The van der Waals surface area contributed by atoms with Crippen molar-refractivity contribution in [3.05, 3.63) is 66.2 Å². The van der Waals surface area contributed by atoms with Gasteiger partial charge in [0.25, 0.3) is 0 Å². The second-order valence-electron chi connectivity index (χ2n) is 5.20. The number of nitrogens with zero attached hydrogens (tertiary/aromatic N) is 2. The largest absolute Gasteiger partial charge is 0.361 e. The molecular formula is C17H18N2O. The molecule has 102 valence electrons. The van der Waals surface area contributed by atoms with E-state index < -0.39 is 0 Å². The molecule has 3 nitrogen and oxygen atoms in total. The summed E-state index contributed by atoms with van der Waals surface area (Å²) in [4.78, 5) is 16.1. The highest BCUT2D eigenvalue weighted by atomic mass is 16.2. The number of para-hydroxylation sites is 1. The summed E-state index contributed by atoms with van der Waals surface area (Å²) in [7, 11) is 3.86. The van der Waals surface area contributed by atoms with Crippen LogP contribution in [0.2, 0.25) is 0 Å². The van der Waals surface area contributed by atoms with E-state index in [2.05, 4.69) is 17.0 Å². The number of benzene rings is 2. The lowest BCUT2D eigenvalue weighted by Gasteiger charge is -2.49. The van der Waals surface area contributed by atoms with Crippen LogP contribution < -0.4 is 4.90 Å². The predicted octanol–water partition coefficient (Wildman–Crippen LogP) is 2.70. The fourth-order valence-electron chi connectivity index (χ4n) is 2.87. The van der Waals surface area contributed by atoms with E-state index in [-0.39, 0.29) is 18.0 Å². The van der Waals surface area contributed by atoms with Gasteiger partial charge in [-0.2, -0.15) is 0 Å². The molecule has 20 heavy (non-hydrogen) atoms. The summed E-state index contributed by atoms with van der Waals surface area (Å²) >= 11 is 0. The van der Waals surface area contributed by atoms with E-state index in [4.69, 9.17) is 0 Å². The summed E-state index contributed by atoms with van der Waals surface area (Å²) in [5.74, 6) is 0.171. The minimum atomic E-state index is -0.121. The number of β-lactam (4-membered cyclic amide) rings is 1. The molecule has 0 bridgehead atoms. The van der Waals surface area contributed by atoms with Crippen molar-refractivity contribution in [2.45, 2.75) is 12.1 Å². The molecule has 0 N–H and O–H groups in total. The molecule has 0 aliphatic carbocycles. The van der Waals surface area contributed by atoms with Crippen molar-refractivity contribution >= 4 is 11.6 Å². The van der Waals surface area contributed by atoms with Crippen LogP contribution >= 0.6 is 0 Å². The fraction of sp³-hybridized carbons (Fsp3) is 0.235. The maximum Gasteiger partial charge on any atom is 0.248 e. The van der Waals surface area contributed by atoms with Crippen LogP contribution in [0.25, 0.3) is 0 Å². The molecule has 2 atom stereocenters. The Morgan fingerprint density at radius 3 is 2.10 bits per heavy atom. The lowest BCUT2D eigenvalue weighted by atomic mass is 9.88. The first kappa shape index (κ1) is 12.7. The minimum absolute atomic E-state index is 0.119. The third-order valence-electron chi connectivity index (χ3n) is 4.04. The molecule has 2 aromatic rings. The Morgan fingerprint density at radius 2 is 1.50 bits per heavy atom. The van der Waals surface area contributed by atoms with Gasteiger partial charge in [0.2, 0.25) is 5.91 Å². The summed E-state index contributed by atoms with van der Waals surface area (Å²) in [6.07, 6.45) is 0. The average molecular weight is 266 g/mol. The monoisotopic (exact) mass is 266 g/mol. The number of anilines is 1. The molecule has 0 spiro atoms. The summed E-state index contributed by atoms with van der Waals surface area (Å²) in [6.45, 7) is 0. The third-order valence-corrected chi connectivity index (χ3v) is 4.04. The van der Waals surface area contributed by atoms with Crippen LogP contribution in [0.15, 0.2) is 60.7 Å². The van der Waals surface area contributed by atoms with Gasteiger partial charge in [0, 0.05) is 19.8 Å². The maximum atomic E-state index is 12.2. The molecule has 0 unspecified atom stereocenters. The normalized spacial score (nSPS) is 21.5. The van der Waals surface area contributed by atoms with Gasteiger partial charge in [0.15, 0.2) is 0 Å². The highest BCUT2D eigenvalue weighted by Gasteiger charge is 2.48. The number of hydrogen-bond acceptors (Lipinski definition) is 2. The second-order valence-corrected chi connectivity index (χ2v) is 5.20. The first-order chi connectivity index (χ1) is 9.70. The Labute approximate surface area is 119 Å². The summed E-state index contributed by atoms with van der Waals surface area (Å²) < 4.78 is 0. The molecule has 3 rings (SSSR count). The number of carbonyl (C=O) groups excluding carboxylic acids is 1. The Balaban J connectivity index is 1.90. The minimum Gasteiger partial charge on any atom is -0.361 e. The van der Waals surface area contributed by atoms with E-state index in [9.17, 15) is 4.79 Å². The highest BCUT2D eigenvalue weighted by molar-refractivity contribution is 5.92. The molecule has 2 aromatic carbocycles. The summed E-state index contributed by atoms with van der Waals surface area (Å²) in [5, 5.41) is 0. The van der Waals surface area contributed by atoms with Crippen LogP contribution in [-0.2, 0) is 4.79 Å². The van der Waals surface area contributed by atoms with Gasteiger partial charge in [0.1, 0.15) is 6.04 Å². The van der Waals surface area contributed by atoms with Crippen molar-refractivity contribution in [2.75, 3.05) is 19.0 Å². The number of likely N-dealkylation sites (N-methyl/N-ethyl adjacent to an activating group) is 2. The predicted molar refractivity (Wildman–Crippen MR) is 80.6 cm³/mol. The molecule has 1 aliphatic rings. The van der Waals surface area contributed by atoms with E-state index in [1.807, 2.05) is 67.5 Å². The zero-order valence-electron chi connectivity index (χ0n) is 11.7. The lowest BCUT2D eigenvalue weighted by Crippen LogP contribution is -2.63. The van der Waals surface area contributed by atoms with Gasteiger partial charge in [-0.15, -0.1) is 0 Å². The summed E-state index contributed by atoms with van der Waals surface area (Å²) in [5.41, 5.74) is 2.25. The van der Waals surface area contributed by atoms with Gasteiger partial charge in [0.05, 0.1) is 6.04 Å². The number of carbonyl (C=O) groups is 1. The second kappa shape index (κ2) is 5.00. The smallest absolute Gasteiger partial charge is 0.248 e. The van der Waals surface area contributed by atoms with Gasteiger partial charge in [-0.25, -0.2) is 0 Å². The van der Waals surface area contributed by atoms with Gasteiger partial charge < -0.3 is 9.80 Å². The number of amides is 1. The van der Waals surface area contributed by atoms with Crippen molar-refractivity contribution < 1.29 is 4.79 Å². The topological polar surface area (TPSA) is 23.6 Å². The Bertz CT molecular complexity index is 597. The SMILES string of the molecule is CN1C(=O)[C@@H](N(C)c2ccccc2)[C@@H]1c1ccccc1. The van der Waals surface area contributed by atoms with Crippen molar-refractivity contribution in [1.29, 1.82) is 0 Å². The van der Waals surface area contributed by atoms with E-state index >= 15 is 0 Å². The highest BCUT2D eigenvalue weighted by Crippen LogP contribution is 2.37. The fourth-order valence-corrected chi connectivity index (χ4v) is 2.87. The molecule has 1 fully saturated rings. The Kier molecular flexibility index (Phi) is 3.18. The first-order valence-electron chi connectivity index (χ1n) is 6.79. The maximum absolute atomic E-state index is 12.2. The number of hydrogen-bond donors (Lipinski definition) is 0. The van der Waals surface area contributed by atoms with E-state index in [1.165, 1.54) is 5.56 Å². The van der Waals surface area contributed by atoms with Crippen LogP contribution in [0.3, 0.4) is 0 Å². The molecule has 3 heteroatoms. The van der Waals surface area contributed by atoms with Crippen LogP contribution in [0.1, 0.15) is 11.6 Å². The van der Waals surface area contributed by atoms with Gasteiger partial charge in [-0.3, -0.25) is 4.79 Å². The average Bonchev–Trinajstić information content (AvgIpc) is 2.52. The zero-order valence-corrected chi connectivity index (χ0v) is 11.7. The molecule has 0 saturated carbocycles. The Hall–Kier alpha value is -2.29.